The van der Waals surface area contributed by atoms with Crippen LogP contribution in [0.15, 0.2) is 85.1 Å². The monoisotopic (exact) mass is 589 g/mol. The fraction of sp³-hybridized carbons (Fsp3) is 0.167. The number of rotatable bonds is 7. The molecule has 1 aliphatic rings. The normalized spacial score (nSPS) is 15.0. The molecule has 1 saturated heterocycles. The van der Waals surface area contributed by atoms with E-state index in [0.29, 0.717) is 41.3 Å². The zero-order valence-electron chi connectivity index (χ0n) is 22.2. The van der Waals surface area contributed by atoms with Gasteiger partial charge < -0.3 is 16.0 Å². The Morgan fingerprint density at radius 1 is 0.976 bits per heavy atom. The highest BCUT2D eigenvalue weighted by molar-refractivity contribution is 7.92. The Morgan fingerprint density at radius 2 is 1.66 bits per heavy atom. The summed E-state index contributed by atoms with van der Waals surface area (Å²) < 4.78 is 25.3. The number of nitrogen functional groups attached to an aromatic ring is 1. The molecule has 1 aliphatic heterocycles. The number of amides is 2. The number of carbonyl (C=O) groups is 2. The minimum Gasteiger partial charge on any atom is -0.383 e. The van der Waals surface area contributed by atoms with Gasteiger partial charge in [-0.3, -0.25) is 14.3 Å². The lowest BCUT2D eigenvalue weighted by molar-refractivity contribution is 0.0783. The molecule has 5 rings (SSSR count). The van der Waals surface area contributed by atoms with Gasteiger partial charge in [-0.15, -0.1) is 0 Å². The van der Waals surface area contributed by atoms with Gasteiger partial charge in [-0.25, -0.2) is 13.4 Å². The maximum atomic E-state index is 13.1. The molecule has 2 heterocycles. The molecule has 0 aliphatic carbocycles. The van der Waals surface area contributed by atoms with Crippen LogP contribution in [0.4, 0.5) is 11.5 Å². The van der Waals surface area contributed by atoms with Gasteiger partial charge in [0.2, 0.25) is 10.0 Å². The number of benzene rings is 3. The predicted octanol–water partition coefficient (Wildman–Crippen LogP) is 4.67. The van der Waals surface area contributed by atoms with E-state index < -0.39 is 10.0 Å². The molecular formula is C30H28ClN5O4S. The summed E-state index contributed by atoms with van der Waals surface area (Å²) in [6, 6.07) is 23.0. The van der Waals surface area contributed by atoms with Gasteiger partial charge in [-0.05, 0) is 53.9 Å². The number of anilines is 2. The number of nitrogens with one attached hydrogen (secondary N) is 2. The molecule has 1 fully saturated rings. The molecule has 0 radical (unpaired) electrons. The third kappa shape index (κ3) is 6.67. The van der Waals surface area contributed by atoms with Crippen molar-refractivity contribution in [3.63, 3.8) is 0 Å². The maximum absolute atomic E-state index is 13.1. The zero-order chi connectivity index (χ0) is 29.1. The standard InChI is InChI=1S/C30H28ClN5O4S/c1-41(39,40)35-23-12-10-19(11-13-23)22-16-26(28(32)33-17-22)29(37)34-24-14-15-36(18-24)30(38)21-8-6-20(7-9-21)25-4-2-3-5-27(25)31/h2-13,16-17,24,35H,14-15,18H2,1H3,(H2,32,33)(H,34,37)/t24-/m1/s1. The van der Waals surface area contributed by atoms with Crippen molar-refractivity contribution in [2.45, 2.75) is 12.5 Å². The topological polar surface area (TPSA) is 134 Å². The van der Waals surface area contributed by atoms with Gasteiger partial charge in [0.15, 0.2) is 0 Å². The summed E-state index contributed by atoms with van der Waals surface area (Å²) in [5.41, 5.74) is 10.5. The fourth-order valence-corrected chi connectivity index (χ4v) is 5.56. The Hall–Kier alpha value is -4.41. The number of hydrogen-bond donors (Lipinski definition) is 3. The van der Waals surface area contributed by atoms with Crippen LogP contribution in [-0.2, 0) is 10.0 Å². The highest BCUT2D eigenvalue weighted by atomic mass is 35.5. The van der Waals surface area contributed by atoms with Crippen LogP contribution in [-0.4, -0.2) is 55.5 Å². The second-order valence-electron chi connectivity index (χ2n) is 9.88. The van der Waals surface area contributed by atoms with Gasteiger partial charge in [-0.1, -0.05) is 54.1 Å². The number of hydrogen-bond acceptors (Lipinski definition) is 6. The van der Waals surface area contributed by atoms with Crippen molar-refractivity contribution in [1.82, 2.24) is 15.2 Å². The first kappa shape index (κ1) is 28.1. The third-order valence-electron chi connectivity index (χ3n) is 6.81. The molecule has 1 aromatic heterocycles. The van der Waals surface area contributed by atoms with E-state index in [0.717, 1.165) is 22.9 Å². The van der Waals surface area contributed by atoms with E-state index >= 15 is 0 Å². The molecule has 9 nitrogen and oxygen atoms in total. The summed E-state index contributed by atoms with van der Waals surface area (Å²) in [5, 5.41) is 3.62. The van der Waals surface area contributed by atoms with Crippen molar-refractivity contribution < 1.29 is 18.0 Å². The first-order chi connectivity index (χ1) is 19.6. The van der Waals surface area contributed by atoms with Crippen molar-refractivity contribution >= 4 is 44.9 Å². The largest absolute Gasteiger partial charge is 0.383 e. The SMILES string of the molecule is CS(=O)(=O)Nc1ccc(-c2cnc(N)c(C(=O)N[C@@H]3CCN(C(=O)c4ccc(-c5ccccc5Cl)cc4)C3)c2)cc1. The van der Waals surface area contributed by atoms with Crippen LogP contribution in [0, 0.1) is 0 Å². The first-order valence-corrected chi connectivity index (χ1v) is 15.1. The zero-order valence-corrected chi connectivity index (χ0v) is 23.7. The van der Waals surface area contributed by atoms with E-state index in [1.165, 1.54) is 0 Å². The Morgan fingerprint density at radius 3 is 2.34 bits per heavy atom. The number of sulfonamides is 1. The number of aromatic nitrogens is 1. The fourth-order valence-electron chi connectivity index (χ4n) is 4.76. The van der Waals surface area contributed by atoms with Crippen LogP contribution in [0.5, 0.6) is 0 Å². The van der Waals surface area contributed by atoms with Crippen LogP contribution in [0.25, 0.3) is 22.3 Å². The molecule has 4 aromatic rings. The summed E-state index contributed by atoms with van der Waals surface area (Å²) in [5.74, 6) is -0.397. The number of likely N-dealkylation sites (tertiary alicyclic amines) is 1. The molecule has 0 spiro atoms. The summed E-state index contributed by atoms with van der Waals surface area (Å²) in [7, 11) is -3.39. The Balaban J connectivity index is 1.22. The molecular weight excluding hydrogens is 562 g/mol. The average Bonchev–Trinajstić information content (AvgIpc) is 3.41. The van der Waals surface area contributed by atoms with Crippen molar-refractivity contribution in [2.75, 3.05) is 29.8 Å². The summed E-state index contributed by atoms with van der Waals surface area (Å²) in [6.07, 6.45) is 3.24. The molecule has 0 unspecified atom stereocenters. The molecule has 1 atom stereocenters. The lowest BCUT2D eigenvalue weighted by atomic mass is 10.0. The minimum absolute atomic E-state index is 0.0890. The number of nitrogens with zero attached hydrogens (tertiary/aromatic N) is 2. The third-order valence-corrected chi connectivity index (χ3v) is 7.75. The molecule has 210 valence electrons. The maximum Gasteiger partial charge on any atom is 0.255 e. The average molecular weight is 590 g/mol. The van der Waals surface area contributed by atoms with Gasteiger partial charge in [-0.2, -0.15) is 0 Å². The van der Waals surface area contributed by atoms with Crippen molar-refractivity contribution in [3.8, 4) is 22.3 Å². The van der Waals surface area contributed by atoms with Crippen LogP contribution in [0.3, 0.4) is 0 Å². The lowest BCUT2D eigenvalue weighted by Crippen LogP contribution is -2.38. The van der Waals surface area contributed by atoms with Crippen molar-refractivity contribution in [3.05, 3.63) is 101 Å². The van der Waals surface area contributed by atoms with Crippen LogP contribution in [0.1, 0.15) is 27.1 Å². The Kier molecular flexibility index (Phi) is 7.96. The number of carbonyl (C=O) groups excluding carboxylic acids is 2. The van der Waals surface area contributed by atoms with E-state index in [1.54, 1.807) is 53.6 Å². The van der Waals surface area contributed by atoms with E-state index in [1.807, 2.05) is 36.4 Å². The van der Waals surface area contributed by atoms with Gasteiger partial charge in [0.05, 0.1) is 11.8 Å². The summed E-state index contributed by atoms with van der Waals surface area (Å²) in [4.78, 5) is 32.2. The molecule has 3 aromatic carbocycles. The second-order valence-corrected chi connectivity index (χ2v) is 12.0. The number of pyridine rings is 1. The van der Waals surface area contributed by atoms with Gasteiger partial charge >= 0.3 is 0 Å². The quantitative estimate of drug-likeness (QED) is 0.287. The van der Waals surface area contributed by atoms with Crippen molar-refractivity contribution in [1.29, 1.82) is 0 Å². The minimum atomic E-state index is -3.39. The van der Waals surface area contributed by atoms with Gasteiger partial charge in [0.25, 0.3) is 11.8 Å². The highest BCUT2D eigenvalue weighted by Gasteiger charge is 2.29. The van der Waals surface area contributed by atoms with E-state index in [2.05, 4.69) is 15.0 Å². The second kappa shape index (κ2) is 11.6. The van der Waals surface area contributed by atoms with Crippen LogP contribution >= 0.6 is 11.6 Å². The Labute approximate surface area is 243 Å². The van der Waals surface area contributed by atoms with Gasteiger partial charge in [0.1, 0.15) is 5.82 Å². The van der Waals surface area contributed by atoms with Gasteiger partial charge in [0, 0.05) is 52.7 Å². The smallest absolute Gasteiger partial charge is 0.255 e. The molecule has 2 amide bonds. The van der Waals surface area contributed by atoms with E-state index in [9.17, 15) is 18.0 Å². The molecule has 0 bridgehead atoms. The molecule has 11 heteroatoms. The number of halogens is 1. The lowest BCUT2D eigenvalue weighted by Gasteiger charge is -2.18. The summed E-state index contributed by atoms with van der Waals surface area (Å²) >= 11 is 6.30. The van der Waals surface area contributed by atoms with Crippen LogP contribution in [0.2, 0.25) is 5.02 Å². The van der Waals surface area contributed by atoms with E-state index in [4.69, 9.17) is 17.3 Å². The molecule has 4 N–H and O–H groups in total. The van der Waals surface area contributed by atoms with Crippen LogP contribution < -0.4 is 15.8 Å². The van der Waals surface area contributed by atoms with Crippen molar-refractivity contribution in [2.24, 2.45) is 0 Å². The highest BCUT2D eigenvalue weighted by Crippen LogP contribution is 2.28. The number of nitrogens with two attached hydrogens (primary N) is 1. The Bertz CT molecular complexity index is 1710. The first-order valence-electron chi connectivity index (χ1n) is 12.9. The predicted molar refractivity (Wildman–Crippen MR) is 161 cm³/mol. The van der Waals surface area contributed by atoms with E-state index in [-0.39, 0.29) is 29.2 Å². The molecule has 0 saturated carbocycles. The molecule has 41 heavy (non-hydrogen) atoms. The summed E-state index contributed by atoms with van der Waals surface area (Å²) in [6.45, 7) is 0.885.